The molecule has 1 N–H and O–H groups in total. The summed E-state index contributed by atoms with van der Waals surface area (Å²) in [4.78, 5) is 25.3. The van der Waals surface area contributed by atoms with Gasteiger partial charge in [0.2, 0.25) is 0 Å². The molecule has 6 heteroatoms. The van der Waals surface area contributed by atoms with Gasteiger partial charge in [0.05, 0.1) is 26.1 Å². The lowest BCUT2D eigenvalue weighted by Crippen LogP contribution is -2.35. The number of rotatable bonds is 16. The summed E-state index contributed by atoms with van der Waals surface area (Å²) in [5.41, 5.74) is 0. The smallest absolute Gasteiger partial charge is 0.307 e. The normalized spacial score (nSPS) is 10.8. The maximum Gasteiger partial charge on any atom is 0.307 e. The van der Waals surface area contributed by atoms with Gasteiger partial charge in [-0.25, -0.2) is 0 Å². The molecule has 0 aliphatic carbocycles. The van der Waals surface area contributed by atoms with Crippen molar-refractivity contribution >= 4 is 11.9 Å². The number of esters is 2. The molecule has 0 aliphatic rings. The third kappa shape index (κ3) is 14.5. The van der Waals surface area contributed by atoms with Crippen molar-refractivity contribution in [3.05, 3.63) is 0 Å². The van der Waals surface area contributed by atoms with Crippen LogP contribution < -0.4 is 5.32 Å². The molecule has 0 saturated heterocycles. The van der Waals surface area contributed by atoms with Crippen LogP contribution in [0.4, 0.5) is 0 Å². The number of nitrogens with one attached hydrogen (secondary N) is 1. The van der Waals surface area contributed by atoms with Crippen LogP contribution in [0.15, 0.2) is 0 Å². The Bertz CT molecular complexity index is 324. The SMILES string of the molecule is CCCCN(CCNCCC(=O)OCCC)CCC(=O)OCCC. The summed E-state index contributed by atoms with van der Waals surface area (Å²) >= 11 is 0. The molecule has 0 unspecified atom stereocenters. The van der Waals surface area contributed by atoms with Crippen molar-refractivity contribution < 1.29 is 19.1 Å². The number of carbonyl (C=O) groups excluding carboxylic acids is 2. The highest BCUT2D eigenvalue weighted by Crippen LogP contribution is 1.98. The zero-order valence-corrected chi connectivity index (χ0v) is 15.8. The number of hydrogen-bond acceptors (Lipinski definition) is 6. The van der Waals surface area contributed by atoms with Crippen LogP contribution in [-0.4, -0.2) is 62.8 Å². The van der Waals surface area contributed by atoms with Crippen LogP contribution in [0.2, 0.25) is 0 Å². The van der Waals surface area contributed by atoms with Crippen LogP contribution in [-0.2, 0) is 19.1 Å². The molecule has 0 spiro atoms. The van der Waals surface area contributed by atoms with Crippen molar-refractivity contribution in [2.45, 2.75) is 59.3 Å². The van der Waals surface area contributed by atoms with E-state index >= 15 is 0 Å². The molecule has 142 valence electrons. The summed E-state index contributed by atoms with van der Waals surface area (Å²) in [7, 11) is 0. The predicted octanol–water partition coefficient (Wildman–Crippen LogP) is 2.36. The zero-order valence-electron chi connectivity index (χ0n) is 15.8. The summed E-state index contributed by atoms with van der Waals surface area (Å²) < 4.78 is 10.1. The average molecular weight is 344 g/mol. The molecule has 0 bridgehead atoms. The average Bonchev–Trinajstić information content (AvgIpc) is 2.59. The van der Waals surface area contributed by atoms with Gasteiger partial charge in [0.1, 0.15) is 0 Å². The van der Waals surface area contributed by atoms with Gasteiger partial charge in [-0.15, -0.1) is 0 Å². The third-order valence-corrected chi connectivity index (χ3v) is 3.51. The molecule has 0 aliphatic heterocycles. The molecule has 6 nitrogen and oxygen atoms in total. The van der Waals surface area contributed by atoms with Crippen molar-refractivity contribution in [3.63, 3.8) is 0 Å². The minimum absolute atomic E-state index is 0.120. The van der Waals surface area contributed by atoms with Gasteiger partial charge in [0.15, 0.2) is 0 Å². The summed E-state index contributed by atoms with van der Waals surface area (Å²) in [6.07, 6.45) is 4.80. The molecule has 0 aromatic heterocycles. The van der Waals surface area contributed by atoms with E-state index in [0.717, 1.165) is 51.9 Å². The number of ether oxygens (including phenoxy) is 2. The van der Waals surface area contributed by atoms with Crippen LogP contribution in [0.25, 0.3) is 0 Å². The Hall–Kier alpha value is -1.14. The number of unbranched alkanes of at least 4 members (excludes halogenated alkanes) is 1. The van der Waals surface area contributed by atoms with E-state index in [1.807, 2.05) is 13.8 Å². The van der Waals surface area contributed by atoms with E-state index in [9.17, 15) is 9.59 Å². The highest BCUT2D eigenvalue weighted by Gasteiger charge is 2.09. The predicted molar refractivity (Wildman–Crippen MR) is 96.0 cm³/mol. The Balaban J connectivity index is 3.85. The largest absolute Gasteiger partial charge is 0.466 e. The van der Waals surface area contributed by atoms with Gasteiger partial charge in [-0.3, -0.25) is 9.59 Å². The van der Waals surface area contributed by atoms with E-state index in [-0.39, 0.29) is 11.9 Å². The van der Waals surface area contributed by atoms with Gasteiger partial charge in [-0.1, -0.05) is 27.2 Å². The van der Waals surface area contributed by atoms with Gasteiger partial charge < -0.3 is 19.7 Å². The monoisotopic (exact) mass is 344 g/mol. The molecule has 0 saturated carbocycles. The summed E-state index contributed by atoms with van der Waals surface area (Å²) in [6.45, 7) is 11.1. The molecule has 0 fully saturated rings. The first kappa shape index (κ1) is 22.9. The molecule has 0 heterocycles. The first-order valence-electron chi connectivity index (χ1n) is 9.38. The number of hydrogen-bond donors (Lipinski definition) is 1. The summed E-state index contributed by atoms with van der Waals surface area (Å²) in [6, 6.07) is 0. The number of nitrogens with zero attached hydrogens (tertiary/aromatic N) is 1. The lowest BCUT2D eigenvalue weighted by Gasteiger charge is -2.22. The van der Waals surface area contributed by atoms with Crippen LogP contribution in [0, 0.1) is 0 Å². The fourth-order valence-corrected chi connectivity index (χ4v) is 2.10. The van der Waals surface area contributed by atoms with E-state index in [1.165, 1.54) is 0 Å². The first-order chi connectivity index (χ1) is 11.6. The fourth-order valence-electron chi connectivity index (χ4n) is 2.10. The maximum atomic E-state index is 11.6. The Morgan fingerprint density at radius 3 is 2.00 bits per heavy atom. The Labute approximate surface area is 147 Å². The number of carbonyl (C=O) groups is 2. The maximum absolute atomic E-state index is 11.6. The highest BCUT2D eigenvalue weighted by molar-refractivity contribution is 5.69. The molecule has 0 aromatic carbocycles. The molecule has 0 atom stereocenters. The van der Waals surface area contributed by atoms with Gasteiger partial charge in [0.25, 0.3) is 0 Å². The van der Waals surface area contributed by atoms with Crippen molar-refractivity contribution in [3.8, 4) is 0 Å². The standard InChI is InChI=1S/C18H36N2O4/c1-4-7-12-20(13-9-18(22)24-16-6-3)14-11-19-10-8-17(21)23-15-5-2/h19H,4-16H2,1-3H3. The van der Waals surface area contributed by atoms with Crippen LogP contribution in [0.1, 0.15) is 59.3 Å². The van der Waals surface area contributed by atoms with E-state index in [4.69, 9.17) is 9.47 Å². The molecular formula is C18H36N2O4. The third-order valence-electron chi connectivity index (χ3n) is 3.51. The van der Waals surface area contributed by atoms with E-state index in [2.05, 4.69) is 17.1 Å². The second-order valence-electron chi connectivity index (χ2n) is 5.89. The Kier molecular flexibility index (Phi) is 15.9. The van der Waals surface area contributed by atoms with Gasteiger partial charge in [-0.05, 0) is 25.8 Å². The van der Waals surface area contributed by atoms with E-state index < -0.39 is 0 Å². The lowest BCUT2D eigenvalue weighted by atomic mass is 10.3. The van der Waals surface area contributed by atoms with Crippen molar-refractivity contribution in [1.29, 1.82) is 0 Å². The molecule has 0 radical (unpaired) electrons. The second-order valence-corrected chi connectivity index (χ2v) is 5.89. The van der Waals surface area contributed by atoms with Crippen molar-refractivity contribution in [2.75, 3.05) is 45.9 Å². The van der Waals surface area contributed by atoms with Crippen LogP contribution in [0.3, 0.4) is 0 Å². The molecular weight excluding hydrogens is 308 g/mol. The quantitative estimate of drug-likeness (QED) is 0.342. The molecule has 0 aromatic rings. The Morgan fingerprint density at radius 1 is 0.792 bits per heavy atom. The Morgan fingerprint density at radius 2 is 1.42 bits per heavy atom. The molecule has 0 amide bonds. The lowest BCUT2D eigenvalue weighted by molar-refractivity contribution is -0.144. The second kappa shape index (κ2) is 16.7. The topological polar surface area (TPSA) is 67.9 Å². The first-order valence-corrected chi connectivity index (χ1v) is 9.38. The van der Waals surface area contributed by atoms with Gasteiger partial charge >= 0.3 is 11.9 Å². The molecule has 24 heavy (non-hydrogen) atoms. The highest BCUT2D eigenvalue weighted by atomic mass is 16.5. The summed E-state index contributed by atoms with van der Waals surface area (Å²) in [5, 5.41) is 3.26. The van der Waals surface area contributed by atoms with Crippen LogP contribution >= 0.6 is 0 Å². The van der Waals surface area contributed by atoms with E-state index in [0.29, 0.717) is 32.6 Å². The van der Waals surface area contributed by atoms with Gasteiger partial charge in [-0.2, -0.15) is 0 Å². The van der Waals surface area contributed by atoms with Crippen molar-refractivity contribution in [1.82, 2.24) is 10.2 Å². The van der Waals surface area contributed by atoms with Gasteiger partial charge in [0, 0.05) is 26.2 Å². The minimum Gasteiger partial charge on any atom is -0.466 e. The fraction of sp³-hybridized carbons (Fsp3) is 0.889. The van der Waals surface area contributed by atoms with Crippen molar-refractivity contribution in [2.24, 2.45) is 0 Å². The minimum atomic E-state index is -0.147. The summed E-state index contributed by atoms with van der Waals surface area (Å²) in [5.74, 6) is -0.268. The van der Waals surface area contributed by atoms with Crippen LogP contribution in [0.5, 0.6) is 0 Å². The zero-order chi connectivity index (χ0) is 18.0. The molecule has 0 rings (SSSR count). The van der Waals surface area contributed by atoms with E-state index in [1.54, 1.807) is 0 Å².